The summed E-state index contributed by atoms with van der Waals surface area (Å²) in [6, 6.07) is -0.107. The minimum absolute atomic E-state index is 0.0306. The molecule has 0 unspecified atom stereocenters. The maximum Gasteiger partial charge on any atom is 0.419 e. The van der Waals surface area contributed by atoms with Crippen molar-refractivity contribution in [2.24, 2.45) is 0 Å². The fraction of sp³-hybridized carbons (Fsp3) is 0.600. The van der Waals surface area contributed by atoms with Crippen LogP contribution in [0.25, 0.3) is 0 Å². The van der Waals surface area contributed by atoms with Crippen LogP contribution >= 0.6 is 0 Å². The smallest absolute Gasteiger partial charge is 0.395 e. The Balaban J connectivity index is 2.09. The lowest BCUT2D eigenvalue weighted by Crippen LogP contribution is -2.52. The third-order valence-electron chi connectivity index (χ3n) is 2.72. The standard InChI is InChI=1S/C10H13F3N4O/c11-10(12,13)7-3-15-9(16-4-7)17-2-1-14-8(5-17)6-18/h3-4,8,14,18H,1-2,5-6H2/t8-/m0/s1. The topological polar surface area (TPSA) is 61.3 Å². The van der Waals surface area contributed by atoms with E-state index < -0.39 is 11.7 Å². The van der Waals surface area contributed by atoms with E-state index in [4.69, 9.17) is 5.11 Å². The molecule has 1 aliphatic heterocycles. The van der Waals surface area contributed by atoms with Crippen molar-refractivity contribution in [3.63, 3.8) is 0 Å². The third kappa shape index (κ3) is 2.88. The molecule has 8 heteroatoms. The molecule has 0 saturated carbocycles. The molecule has 2 heterocycles. The zero-order chi connectivity index (χ0) is 13.2. The molecule has 0 amide bonds. The number of halogens is 3. The van der Waals surface area contributed by atoms with Gasteiger partial charge in [-0.05, 0) is 0 Å². The fourth-order valence-corrected chi connectivity index (χ4v) is 1.76. The van der Waals surface area contributed by atoms with E-state index in [0.29, 0.717) is 19.6 Å². The second-order valence-electron chi connectivity index (χ2n) is 4.05. The number of hydrogen-bond acceptors (Lipinski definition) is 5. The van der Waals surface area contributed by atoms with Crippen LogP contribution in [0.2, 0.25) is 0 Å². The molecular weight excluding hydrogens is 249 g/mol. The van der Waals surface area contributed by atoms with Crippen LogP contribution in [-0.4, -0.2) is 47.4 Å². The van der Waals surface area contributed by atoms with Crippen molar-refractivity contribution in [3.05, 3.63) is 18.0 Å². The first-order valence-corrected chi connectivity index (χ1v) is 5.49. The van der Waals surface area contributed by atoms with E-state index in [-0.39, 0.29) is 18.6 Å². The first-order chi connectivity index (χ1) is 8.50. The van der Waals surface area contributed by atoms with Gasteiger partial charge in [0.15, 0.2) is 0 Å². The fourth-order valence-electron chi connectivity index (χ4n) is 1.76. The molecule has 1 aliphatic rings. The van der Waals surface area contributed by atoms with E-state index in [2.05, 4.69) is 15.3 Å². The lowest BCUT2D eigenvalue weighted by molar-refractivity contribution is -0.138. The van der Waals surface area contributed by atoms with Gasteiger partial charge < -0.3 is 15.3 Å². The molecule has 1 saturated heterocycles. The third-order valence-corrected chi connectivity index (χ3v) is 2.72. The summed E-state index contributed by atoms with van der Waals surface area (Å²) in [7, 11) is 0. The summed E-state index contributed by atoms with van der Waals surface area (Å²) in [6.07, 6.45) is -2.87. The van der Waals surface area contributed by atoms with Crippen LogP contribution in [0.4, 0.5) is 19.1 Å². The summed E-state index contributed by atoms with van der Waals surface area (Å²) < 4.78 is 37.0. The number of nitrogens with one attached hydrogen (secondary N) is 1. The molecule has 2 N–H and O–H groups in total. The van der Waals surface area contributed by atoms with Crippen molar-refractivity contribution in [3.8, 4) is 0 Å². The summed E-state index contributed by atoms with van der Waals surface area (Å²) in [5, 5.41) is 12.1. The van der Waals surface area contributed by atoms with Gasteiger partial charge in [0.25, 0.3) is 0 Å². The normalized spacial score (nSPS) is 21.1. The van der Waals surface area contributed by atoms with Gasteiger partial charge in [0, 0.05) is 38.1 Å². The molecule has 1 aromatic rings. The van der Waals surface area contributed by atoms with E-state index in [1.54, 1.807) is 4.90 Å². The van der Waals surface area contributed by atoms with Gasteiger partial charge in [-0.25, -0.2) is 9.97 Å². The lowest BCUT2D eigenvalue weighted by atomic mass is 10.2. The molecule has 5 nitrogen and oxygen atoms in total. The Hall–Kier alpha value is -1.41. The average molecular weight is 262 g/mol. The molecule has 0 aliphatic carbocycles. The van der Waals surface area contributed by atoms with Crippen LogP contribution in [0, 0.1) is 0 Å². The number of aromatic nitrogens is 2. The molecule has 18 heavy (non-hydrogen) atoms. The highest BCUT2D eigenvalue weighted by Crippen LogP contribution is 2.28. The quantitative estimate of drug-likeness (QED) is 0.801. The number of rotatable bonds is 2. The van der Waals surface area contributed by atoms with E-state index in [9.17, 15) is 13.2 Å². The van der Waals surface area contributed by atoms with Gasteiger partial charge in [-0.2, -0.15) is 13.2 Å². The Labute approximate surface area is 102 Å². The highest BCUT2D eigenvalue weighted by Gasteiger charge is 2.31. The SMILES string of the molecule is OC[C@@H]1CN(c2ncc(C(F)(F)F)cn2)CCN1. The lowest BCUT2D eigenvalue weighted by Gasteiger charge is -2.32. The minimum atomic E-state index is -4.42. The van der Waals surface area contributed by atoms with Crippen molar-refractivity contribution >= 4 is 5.95 Å². The molecule has 1 atom stereocenters. The van der Waals surface area contributed by atoms with Gasteiger partial charge in [0.05, 0.1) is 12.2 Å². The molecule has 0 radical (unpaired) electrons. The van der Waals surface area contributed by atoms with Gasteiger partial charge in [-0.1, -0.05) is 0 Å². The average Bonchev–Trinajstić information content (AvgIpc) is 2.38. The molecule has 1 fully saturated rings. The first-order valence-electron chi connectivity index (χ1n) is 5.49. The zero-order valence-electron chi connectivity index (χ0n) is 9.48. The van der Waals surface area contributed by atoms with Crippen molar-refractivity contribution in [2.75, 3.05) is 31.1 Å². The van der Waals surface area contributed by atoms with Crippen LogP contribution in [0.3, 0.4) is 0 Å². The summed E-state index contributed by atoms with van der Waals surface area (Å²) >= 11 is 0. The largest absolute Gasteiger partial charge is 0.419 e. The second kappa shape index (κ2) is 5.07. The van der Waals surface area contributed by atoms with E-state index in [1.807, 2.05) is 0 Å². The zero-order valence-corrected chi connectivity index (χ0v) is 9.48. The van der Waals surface area contributed by atoms with Gasteiger partial charge >= 0.3 is 6.18 Å². The Morgan fingerprint density at radius 3 is 2.61 bits per heavy atom. The Kier molecular flexibility index (Phi) is 3.67. The number of anilines is 1. The van der Waals surface area contributed by atoms with Gasteiger partial charge in [0.1, 0.15) is 0 Å². The Morgan fingerprint density at radius 1 is 1.39 bits per heavy atom. The highest BCUT2D eigenvalue weighted by molar-refractivity contribution is 5.31. The van der Waals surface area contributed by atoms with Crippen molar-refractivity contribution < 1.29 is 18.3 Å². The monoisotopic (exact) mass is 262 g/mol. The maximum atomic E-state index is 12.3. The molecule has 0 spiro atoms. The van der Waals surface area contributed by atoms with Gasteiger partial charge in [-0.3, -0.25) is 0 Å². The Morgan fingerprint density at radius 2 is 2.06 bits per heavy atom. The summed E-state index contributed by atoms with van der Waals surface area (Å²) in [4.78, 5) is 9.19. The van der Waals surface area contributed by atoms with Crippen LogP contribution in [0.1, 0.15) is 5.56 Å². The molecule has 2 rings (SSSR count). The number of alkyl halides is 3. The molecule has 1 aromatic heterocycles. The molecule has 100 valence electrons. The Bertz CT molecular complexity index is 395. The van der Waals surface area contributed by atoms with Crippen LogP contribution in [0.5, 0.6) is 0 Å². The summed E-state index contributed by atoms with van der Waals surface area (Å²) in [5.74, 6) is 0.253. The van der Waals surface area contributed by atoms with Crippen molar-refractivity contribution in [2.45, 2.75) is 12.2 Å². The molecular formula is C10H13F3N4O. The maximum absolute atomic E-state index is 12.3. The van der Waals surface area contributed by atoms with Gasteiger partial charge in [0.2, 0.25) is 5.95 Å². The highest BCUT2D eigenvalue weighted by atomic mass is 19.4. The van der Waals surface area contributed by atoms with Crippen LogP contribution < -0.4 is 10.2 Å². The van der Waals surface area contributed by atoms with Gasteiger partial charge in [-0.15, -0.1) is 0 Å². The van der Waals surface area contributed by atoms with E-state index in [1.165, 1.54) is 0 Å². The number of aliphatic hydroxyl groups excluding tert-OH is 1. The minimum Gasteiger partial charge on any atom is -0.395 e. The number of aliphatic hydroxyl groups is 1. The van der Waals surface area contributed by atoms with E-state index >= 15 is 0 Å². The number of piperazine rings is 1. The van der Waals surface area contributed by atoms with Crippen LogP contribution in [-0.2, 0) is 6.18 Å². The van der Waals surface area contributed by atoms with Crippen molar-refractivity contribution in [1.82, 2.24) is 15.3 Å². The summed E-state index contributed by atoms with van der Waals surface area (Å²) in [5.41, 5.74) is -0.861. The number of hydrogen-bond donors (Lipinski definition) is 2. The predicted octanol–water partition coefficient (Wildman–Crippen LogP) is 0.266. The number of nitrogens with zero attached hydrogens (tertiary/aromatic N) is 3. The van der Waals surface area contributed by atoms with Crippen molar-refractivity contribution in [1.29, 1.82) is 0 Å². The summed E-state index contributed by atoms with van der Waals surface area (Å²) in [6.45, 7) is 1.68. The van der Waals surface area contributed by atoms with E-state index in [0.717, 1.165) is 12.4 Å². The predicted molar refractivity (Wildman–Crippen MR) is 58.1 cm³/mol. The second-order valence-corrected chi connectivity index (χ2v) is 4.05. The van der Waals surface area contributed by atoms with Crippen LogP contribution in [0.15, 0.2) is 12.4 Å². The first kappa shape index (κ1) is 13.0. The molecule has 0 bridgehead atoms. The molecule has 0 aromatic carbocycles.